The van der Waals surface area contributed by atoms with Gasteiger partial charge in [0.15, 0.2) is 9.84 Å². The Morgan fingerprint density at radius 1 is 1.38 bits per heavy atom. The van der Waals surface area contributed by atoms with Crippen molar-refractivity contribution < 1.29 is 18.3 Å². The van der Waals surface area contributed by atoms with Gasteiger partial charge in [0.2, 0.25) is 0 Å². The van der Waals surface area contributed by atoms with Crippen LogP contribution >= 0.6 is 0 Å². The Balaban J connectivity index is 2.83. The van der Waals surface area contributed by atoms with Crippen molar-refractivity contribution >= 4 is 26.7 Å². The fourth-order valence-electron chi connectivity index (χ4n) is 1.55. The Labute approximate surface area is 91.6 Å². The van der Waals surface area contributed by atoms with Crippen molar-refractivity contribution in [1.29, 1.82) is 0 Å². The first kappa shape index (κ1) is 10.7. The average molecular weight is 239 g/mol. The van der Waals surface area contributed by atoms with Gasteiger partial charge in [-0.05, 0) is 12.1 Å². The van der Waals surface area contributed by atoms with Crippen molar-refractivity contribution in [2.75, 3.05) is 6.26 Å². The molecule has 0 fully saturated rings. The maximum absolute atomic E-state index is 11.5. The summed E-state index contributed by atoms with van der Waals surface area (Å²) in [5, 5.41) is 9.37. The zero-order valence-electron chi connectivity index (χ0n) is 8.39. The predicted molar refractivity (Wildman–Crippen MR) is 58.4 cm³/mol. The summed E-state index contributed by atoms with van der Waals surface area (Å²) in [4.78, 5) is 13.5. The third kappa shape index (κ3) is 1.67. The van der Waals surface area contributed by atoms with E-state index >= 15 is 0 Å². The molecule has 1 aromatic carbocycles. The quantitative estimate of drug-likeness (QED) is 0.826. The number of H-pyrrole nitrogens is 1. The van der Waals surface area contributed by atoms with Gasteiger partial charge < -0.3 is 10.1 Å². The molecule has 0 aliphatic rings. The smallest absolute Gasteiger partial charge is 0.352 e. The molecule has 1 heterocycles. The molecule has 2 aromatic rings. The lowest BCUT2D eigenvalue weighted by molar-refractivity contribution is 0.0691. The number of rotatable bonds is 2. The van der Waals surface area contributed by atoms with Crippen LogP contribution in [-0.4, -0.2) is 30.7 Å². The number of sulfone groups is 1. The molecule has 0 aliphatic carbocycles. The molecule has 2 rings (SSSR count). The van der Waals surface area contributed by atoms with Crippen molar-refractivity contribution in [2.24, 2.45) is 0 Å². The van der Waals surface area contributed by atoms with Crippen LogP contribution in [-0.2, 0) is 9.84 Å². The fourth-order valence-corrected chi connectivity index (χ4v) is 2.42. The van der Waals surface area contributed by atoms with Crippen LogP contribution in [0.1, 0.15) is 10.5 Å². The largest absolute Gasteiger partial charge is 0.477 e. The standard InChI is InChI=1S/C10H9NO4S/c1-16(14,15)8-4-2-3-6-5-7(10(12)13)11-9(6)8/h2-5,11H,1H3,(H,12,13). The van der Waals surface area contributed by atoms with E-state index < -0.39 is 15.8 Å². The summed E-state index contributed by atoms with van der Waals surface area (Å²) < 4.78 is 22.9. The first-order chi connectivity index (χ1) is 7.39. The maximum atomic E-state index is 11.5. The molecule has 0 atom stereocenters. The average Bonchev–Trinajstić information content (AvgIpc) is 2.58. The Morgan fingerprint density at radius 3 is 2.62 bits per heavy atom. The van der Waals surface area contributed by atoms with Crippen LogP contribution in [0.5, 0.6) is 0 Å². The summed E-state index contributed by atoms with van der Waals surface area (Å²) in [5.74, 6) is -1.12. The highest BCUT2D eigenvalue weighted by Crippen LogP contribution is 2.23. The fraction of sp³-hybridized carbons (Fsp3) is 0.100. The number of hydrogen-bond acceptors (Lipinski definition) is 3. The van der Waals surface area contributed by atoms with Crippen molar-refractivity contribution in [3.05, 3.63) is 30.0 Å². The molecule has 0 amide bonds. The van der Waals surface area contributed by atoms with Gasteiger partial charge in [-0.2, -0.15) is 0 Å². The SMILES string of the molecule is CS(=O)(=O)c1cccc2cc(C(=O)O)[nH]c12. The van der Waals surface area contributed by atoms with Gasteiger partial charge >= 0.3 is 5.97 Å². The van der Waals surface area contributed by atoms with E-state index in [0.717, 1.165) is 6.26 Å². The Morgan fingerprint density at radius 2 is 2.06 bits per heavy atom. The van der Waals surface area contributed by atoms with Crippen LogP contribution in [0.3, 0.4) is 0 Å². The van der Waals surface area contributed by atoms with Crippen molar-refractivity contribution in [2.45, 2.75) is 4.90 Å². The number of carbonyl (C=O) groups is 1. The van der Waals surface area contributed by atoms with Crippen LogP contribution in [0.2, 0.25) is 0 Å². The third-order valence-corrected chi connectivity index (χ3v) is 3.39. The molecule has 16 heavy (non-hydrogen) atoms. The molecule has 0 saturated carbocycles. The van der Waals surface area contributed by atoms with E-state index in [0.29, 0.717) is 10.9 Å². The number of aromatic carboxylic acids is 1. The molecule has 6 heteroatoms. The molecule has 5 nitrogen and oxygen atoms in total. The Hall–Kier alpha value is -1.82. The van der Waals surface area contributed by atoms with Gasteiger partial charge in [-0.3, -0.25) is 0 Å². The Bertz CT molecular complexity index is 669. The van der Waals surface area contributed by atoms with Gasteiger partial charge in [0.25, 0.3) is 0 Å². The number of nitrogens with one attached hydrogen (secondary N) is 1. The van der Waals surface area contributed by atoms with E-state index in [1.807, 2.05) is 0 Å². The summed E-state index contributed by atoms with van der Waals surface area (Å²) in [7, 11) is -3.37. The van der Waals surface area contributed by atoms with Gasteiger partial charge in [0, 0.05) is 11.6 Å². The maximum Gasteiger partial charge on any atom is 0.352 e. The molecular formula is C10H9NO4S. The second-order valence-corrected chi connectivity index (χ2v) is 5.46. The van der Waals surface area contributed by atoms with Crippen LogP contribution in [0.25, 0.3) is 10.9 Å². The number of benzene rings is 1. The number of carboxylic acid groups (broad SMARTS) is 1. The molecule has 2 N–H and O–H groups in total. The summed E-state index contributed by atoms with van der Waals surface area (Å²) in [6, 6.07) is 6.09. The van der Waals surface area contributed by atoms with E-state index in [9.17, 15) is 13.2 Å². The minimum Gasteiger partial charge on any atom is -0.477 e. The van der Waals surface area contributed by atoms with Crippen molar-refractivity contribution in [1.82, 2.24) is 4.98 Å². The molecule has 0 radical (unpaired) electrons. The van der Waals surface area contributed by atoms with E-state index in [1.54, 1.807) is 12.1 Å². The number of aromatic amines is 1. The lowest BCUT2D eigenvalue weighted by atomic mass is 10.2. The molecule has 0 unspecified atom stereocenters. The minimum absolute atomic E-state index is 0.0221. The van der Waals surface area contributed by atoms with E-state index in [1.165, 1.54) is 12.1 Å². The first-order valence-electron chi connectivity index (χ1n) is 4.44. The number of hydrogen-bond donors (Lipinski definition) is 2. The summed E-state index contributed by atoms with van der Waals surface area (Å²) in [6.45, 7) is 0. The van der Waals surface area contributed by atoms with Crippen molar-refractivity contribution in [3.63, 3.8) is 0 Å². The number of carboxylic acids is 1. The van der Waals surface area contributed by atoms with E-state index in [2.05, 4.69) is 4.98 Å². The lowest BCUT2D eigenvalue weighted by Crippen LogP contribution is -1.99. The van der Waals surface area contributed by atoms with Crippen molar-refractivity contribution in [3.8, 4) is 0 Å². The summed E-state index contributed by atoms with van der Waals surface area (Å²) in [6.07, 6.45) is 1.09. The molecule has 0 saturated heterocycles. The highest BCUT2D eigenvalue weighted by Gasteiger charge is 2.15. The zero-order chi connectivity index (χ0) is 11.9. The van der Waals surface area contributed by atoms with Crippen LogP contribution in [0.15, 0.2) is 29.2 Å². The minimum atomic E-state index is -3.37. The summed E-state index contributed by atoms with van der Waals surface area (Å²) in [5.41, 5.74) is 0.313. The molecule has 84 valence electrons. The van der Waals surface area contributed by atoms with Gasteiger partial charge in [-0.25, -0.2) is 13.2 Å². The number of aromatic nitrogens is 1. The third-order valence-electron chi connectivity index (χ3n) is 2.25. The number of fused-ring (bicyclic) bond motifs is 1. The second kappa shape index (κ2) is 3.34. The lowest BCUT2D eigenvalue weighted by Gasteiger charge is -1.99. The highest BCUT2D eigenvalue weighted by molar-refractivity contribution is 7.91. The van der Waals surface area contributed by atoms with E-state index in [4.69, 9.17) is 5.11 Å². The normalized spacial score (nSPS) is 11.8. The topological polar surface area (TPSA) is 87.2 Å². The predicted octanol–water partition coefficient (Wildman–Crippen LogP) is 1.27. The second-order valence-electron chi connectivity index (χ2n) is 3.48. The van der Waals surface area contributed by atoms with Gasteiger partial charge in [-0.1, -0.05) is 12.1 Å². The molecule has 0 aliphatic heterocycles. The highest BCUT2D eigenvalue weighted by atomic mass is 32.2. The van der Waals surface area contributed by atoms with Crippen LogP contribution < -0.4 is 0 Å². The van der Waals surface area contributed by atoms with Gasteiger partial charge in [0.05, 0.1) is 10.4 Å². The van der Waals surface area contributed by atoms with Gasteiger partial charge in [0.1, 0.15) is 5.69 Å². The van der Waals surface area contributed by atoms with Crippen LogP contribution in [0.4, 0.5) is 0 Å². The Kier molecular flexibility index (Phi) is 2.23. The van der Waals surface area contributed by atoms with Gasteiger partial charge in [-0.15, -0.1) is 0 Å². The molecular weight excluding hydrogens is 230 g/mol. The first-order valence-corrected chi connectivity index (χ1v) is 6.34. The number of para-hydroxylation sites is 1. The molecule has 1 aromatic heterocycles. The molecule has 0 spiro atoms. The van der Waals surface area contributed by atoms with E-state index in [-0.39, 0.29) is 10.6 Å². The molecule has 0 bridgehead atoms. The monoisotopic (exact) mass is 239 g/mol. The summed E-state index contributed by atoms with van der Waals surface area (Å²) >= 11 is 0. The van der Waals surface area contributed by atoms with Crippen LogP contribution in [0, 0.1) is 0 Å². The zero-order valence-corrected chi connectivity index (χ0v) is 9.21.